The van der Waals surface area contributed by atoms with Gasteiger partial charge in [-0.1, -0.05) is 46.3 Å². The maximum absolute atomic E-state index is 12.5. The summed E-state index contributed by atoms with van der Waals surface area (Å²) in [5.74, 6) is 0.151. The number of hydrogen-bond acceptors (Lipinski definition) is 2. The molecule has 0 radical (unpaired) electrons. The van der Waals surface area contributed by atoms with Crippen molar-refractivity contribution in [1.82, 2.24) is 10.2 Å². The van der Waals surface area contributed by atoms with Crippen molar-refractivity contribution in [3.05, 3.63) is 70.2 Å². The molecule has 136 valence electrons. The van der Waals surface area contributed by atoms with E-state index in [-0.39, 0.29) is 17.9 Å². The van der Waals surface area contributed by atoms with Gasteiger partial charge < -0.3 is 10.2 Å². The molecular formula is C21H23BrN2O2. The molecule has 5 heteroatoms. The number of amides is 2. The number of benzene rings is 2. The molecule has 0 saturated carbocycles. The molecular weight excluding hydrogens is 392 g/mol. The van der Waals surface area contributed by atoms with Gasteiger partial charge in [-0.15, -0.1) is 0 Å². The van der Waals surface area contributed by atoms with E-state index >= 15 is 0 Å². The lowest BCUT2D eigenvalue weighted by atomic mass is 10.0. The van der Waals surface area contributed by atoms with Gasteiger partial charge >= 0.3 is 0 Å². The number of piperidine rings is 1. The third-order valence-corrected chi connectivity index (χ3v) is 5.25. The molecule has 26 heavy (non-hydrogen) atoms. The fourth-order valence-corrected chi connectivity index (χ4v) is 3.47. The number of rotatable bonds is 5. The first-order valence-corrected chi connectivity index (χ1v) is 9.79. The standard InChI is InChI=1S/C21H23BrN2O2/c22-18-9-7-17(8-10-18)21(26)24-14-12-19(13-15-24)23-20(25)11-6-16-4-2-1-3-5-16/h1-5,7-10,19H,6,11-15H2,(H,23,25). The summed E-state index contributed by atoms with van der Waals surface area (Å²) >= 11 is 3.38. The summed E-state index contributed by atoms with van der Waals surface area (Å²) in [6, 6.07) is 17.6. The van der Waals surface area contributed by atoms with Gasteiger partial charge in [-0.3, -0.25) is 9.59 Å². The number of likely N-dealkylation sites (tertiary alicyclic amines) is 1. The molecule has 1 heterocycles. The van der Waals surface area contributed by atoms with Crippen molar-refractivity contribution in [3.8, 4) is 0 Å². The van der Waals surface area contributed by atoms with Crippen molar-refractivity contribution in [2.75, 3.05) is 13.1 Å². The van der Waals surface area contributed by atoms with Crippen molar-refractivity contribution >= 4 is 27.7 Å². The quantitative estimate of drug-likeness (QED) is 0.808. The monoisotopic (exact) mass is 414 g/mol. The molecule has 0 spiro atoms. The Balaban J connectivity index is 1.42. The zero-order valence-corrected chi connectivity index (χ0v) is 16.2. The summed E-state index contributed by atoms with van der Waals surface area (Å²) in [5.41, 5.74) is 1.89. The fraction of sp³-hybridized carbons (Fsp3) is 0.333. The molecule has 0 bridgehead atoms. The summed E-state index contributed by atoms with van der Waals surface area (Å²) in [6.07, 6.45) is 2.87. The van der Waals surface area contributed by atoms with Crippen LogP contribution in [-0.2, 0) is 11.2 Å². The van der Waals surface area contributed by atoms with E-state index < -0.39 is 0 Å². The summed E-state index contributed by atoms with van der Waals surface area (Å²) in [5, 5.41) is 3.11. The number of hydrogen-bond donors (Lipinski definition) is 1. The molecule has 0 atom stereocenters. The molecule has 0 aromatic heterocycles. The van der Waals surface area contributed by atoms with Gasteiger partial charge in [-0.05, 0) is 49.1 Å². The van der Waals surface area contributed by atoms with Crippen molar-refractivity contribution in [2.24, 2.45) is 0 Å². The number of carbonyl (C=O) groups excluding carboxylic acids is 2. The molecule has 4 nitrogen and oxygen atoms in total. The largest absolute Gasteiger partial charge is 0.353 e. The van der Waals surface area contributed by atoms with Crippen LogP contribution in [0.4, 0.5) is 0 Å². The Bertz CT molecular complexity index is 738. The summed E-state index contributed by atoms with van der Waals surface area (Å²) in [6.45, 7) is 1.36. The van der Waals surface area contributed by atoms with E-state index in [1.165, 1.54) is 5.56 Å². The van der Waals surface area contributed by atoms with Crippen LogP contribution in [0.15, 0.2) is 59.1 Å². The molecule has 0 unspecified atom stereocenters. The van der Waals surface area contributed by atoms with Gasteiger partial charge in [0.05, 0.1) is 0 Å². The molecule has 2 aromatic rings. The van der Waals surface area contributed by atoms with E-state index in [9.17, 15) is 9.59 Å². The van der Waals surface area contributed by atoms with Crippen LogP contribution in [0.2, 0.25) is 0 Å². The van der Waals surface area contributed by atoms with Gasteiger partial charge in [0.25, 0.3) is 5.91 Å². The highest BCUT2D eigenvalue weighted by Gasteiger charge is 2.24. The highest BCUT2D eigenvalue weighted by Crippen LogP contribution is 2.16. The molecule has 1 aliphatic rings. The molecule has 2 amide bonds. The Morgan fingerprint density at radius 1 is 1.00 bits per heavy atom. The van der Waals surface area contributed by atoms with Crippen LogP contribution < -0.4 is 5.32 Å². The number of halogens is 1. The Kier molecular flexibility index (Phi) is 6.45. The summed E-state index contributed by atoms with van der Waals surface area (Å²) < 4.78 is 0.964. The van der Waals surface area contributed by atoms with Gasteiger partial charge in [0.2, 0.25) is 5.91 Å². The van der Waals surface area contributed by atoms with Crippen LogP contribution in [0.3, 0.4) is 0 Å². The first-order valence-electron chi connectivity index (χ1n) is 9.00. The Hall–Kier alpha value is -2.14. The third-order valence-electron chi connectivity index (χ3n) is 4.72. The van der Waals surface area contributed by atoms with Crippen molar-refractivity contribution in [3.63, 3.8) is 0 Å². The SMILES string of the molecule is O=C(CCc1ccccc1)NC1CCN(C(=O)c2ccc(Br)cc2)CC1. The summed E-state index contributed by atoms with van der Waals surface area (Å²) in [7, 11) is 0. The highest BCUT2D eigenvalue weighted by molar-refractivity contribution is 9.10. The molecule has 2 aromatic carbocycles. The lowest BCUT2D eigenvalue weighted by Gasteiger charge is -2.32. The second-order valence-electron chi connectivity index (χ2n) is 6.63. The van der Waals surface area contributed by atoms with Crippen LogP contribution in [-0.4, -0.2) is 35.8 Å². The molecule has 1 N–H and O–H groups in total. The van der Waals surface area contributed by atoms with Crippen LogP contribution >= 0.6 is 15.9 Å². The lowest BCUT2D eigenvalue weighted by Crippen LogP contribution is -2.46. The minimum Gasteiger partial charge on any atom is -0.353 e. The minimum absolute atomic E-state index is 0.0614. The Morgan fingerprint density at radius 2 is 1.65 bits per heavy atom. The average Bonchev–Trinajstić information content (AvgIpc) is 2.68. The average molecular weight is 415 g/mol. The topological polar surface area (TPSA) is 49.4 Å². The lowest BCUT2D eigenvalue weighted by molar-refractivity contribution is -0.122. The molecule has 1 saturated heterocycles. The first-order chi connectivity index (χ1) is 12.6. The first kappa shape index (κ1) is 18.6. The predicted octanol–water partition coefficient (Wildman–Crippen LogP) is 3.80. The second kappa shape index (κ2) is 8.99. The smallest absolute Gasteiger partial charge is 0.253 e. The molecule has 3 rings (SSSR count). The molecule has 1 fully saturated rings. The second-order valence-corrected chi connectivity index (χ2v) is 7.54. The van der Waals surface area contributed by atoms with Crippen molar-refractivity contribution < 1.29 is 9.59 Å². The number of nitrogens with zero attached hydrogens (tertiary/aromatic N) is 1. The van der Waals surface area contributed by atoms with E-state index in [4.69, 9.17) is 0 Å². The maximum atomic E-state index is 12.5. The zero-order chi connectivity index (χ0) is 18.4. The maximum Gasteiger partial charge on any atom is 0.253 e. The van der Waals surface area contributed by atoms with Crippen LogP contribution in [0.1, 0.15) is 35.2 Å². The Morgan fingerprint density at radius 3 is 2.31 bits per heavy atom. The van der Waals surface area contributed by atoms with Gasteiger partial charge in [0.15, 0.2) is 0 Å². The predicted molar refractivity (Wildman–Crippen MR) is 106 cm³/mol. The third kappa shape index (κ3) is 5.18. The molecule has 0 aliphatic carbocycles. The highest BCUT2D eigenvalue weighted by atomic mass is 79.9. The van der Waals surface area contributed by atoms with E-state index in [1.54, 1.807) is 0 Å². The van der Waals surface area contributed by atoms with E-state index in [0.717, 1.165) is 23.7 Å². The van der Waals surface area contributed by atoms with Crippen LogP contribution in [0.25, 0.3) is 0 Å². The summed E-state index contributed by atoms with van der Waals surface area (Å²) in [4.78, 5) is 26.6. The van der Waals surface area contributed by atoms with Gasteiger partial charge in [0, 0.05) is 35.6 Å². The Labute approximate surface area is 162 Å². The van der Waals surface area contributed by atoms with Crippen LogP contribution in [0.5, 0.6) is 0 Å². The minimum atomic E-state index is 0.0614. The van der Waals surface area contributed by atoms with Gasteiger partial charge in [-0.25, -0.2) is 0 Å². The van der Waals surface area contributed by atoms with Gasteiger partial charge in [0.1, 0.15) is 0 Å². The van der Waals surface area contributed by atoms with E-state index in [0.29, 0.717) is 25.1 Å². The van der Waals surface area contributed by atoms with Gasteiger partial charge in [-0.2, -0.15) is 0 Å². The van der Waals surface area contributed by atoms with E-state index in [2.05, 4.69) is 21.2 Å². The number of aryl methyl sites for hydroxylation is 1. The normalized spacial score (nSPS) is 14.9. The molecule has 1 aliphatic heterocycles. The zero-order valence-electron chi connectivity index (χ0n) is 14.7. The number of carbonyl (C=O) groups is 2. The van der Waals surface area contributed by atoms with Crippen molar-refractivity contribution in [1.29, 1.82) is 0 Å². The fourth-order valence-electron chi connectivity index (χ4n) is 3.20. The van der Waals surface area contributed by atoms with Crippen molar-refractivity contribution in [2.45, 2.75) is 31.7 Å². The number of nitrogens with one attached hydrogen (secondary N) is 1. The van der Waals surface area contributed by atoms with E-state index in [1.807, 2.05) is 59.5 Å². The van der Waals surface area contributed by atoms with Crippen LogP contribution in [0, 0.1) is 0 Å².